The number of aromatic nitrogens is 1. The van der Waals surface area contributed by atoms with E-state index in [2.05, 4.69) is 20.1 Å². The lowest BCUT2D eigenvalue weighted by Gasteiger charge is -2.40. The Labute approximate surface area is 346 Å². The molecule has 4 fully saturated rings. The molecule has 1 aliphatic carbocycles. The second kappa shape index (κ2) is 16.9. The Morgan fingerprint density at radius 2 is 1.78 bits per heavy atom. The molecule has 4 amide bonds. The number of nitriles is 1. The van der Waals surface area contributed by atoms with Crippen LogP contribution in [0.1, 0.15) is 87.3 Å². The zero-order chi connectivity index (χ0) is 43.0. The number of nitrogens with one attached hydrogen (secondary N) is 1. The highest BCUT2D eigenvalue weighted by Crippen LogP contribution is 2.34. The number of hydrogen-bond acceptors (Lipinski definition) is 10. The molecule has 2 aromatic carbocycles. The van der Waals surface area contributed by atoms with E-state index in [1.807, 2.05) is 11.0 Å². The molecule has 1 saturated carbocycles. The van der Waals surface area contributed by atoms with Crippen molar-refractivity contribution >= 4 is 46.7 Å². The van der Waals surface area contributed by atoms with Crippen LogP contribution < -0.4 is 19.9 Å². The third kappa shape index (κ3) is 8.33. The predicted octanol–water partition coefficient (Wildman–Crippen LogP) is 5.01. The number of nitrogens with zero attached hydrogens (tertiary/aromatic N) is 7. The quantitative estimate of drug-likeness (QED) is 0.293. The van der Waals surface area contributed by atoms with Crippen LogP contribution in [0, 0.1) is 23.1 Å². The summed E-state index contributed by atoms with van der Waals surface area (Å²) < 4.78 is 46.2. The number of imide groups is 1. The molecule has 3 saturated heterocycles. The zero-order valence-electron chi connectivity index (χ0n) is 35.2. The van der Waals surface area contributed by atoms with Gasteiger partial charge in [-0.25, -0.2) is 9.37 Å². The highest BCUT2D eigenvalue weighted by Gasteiger charge is 2.40. The molecule has 5 aliphatic rings. The van der Waals surface area contributed by atoms with Gasteiger partial charge in [0.2, 0.25) is 11.8 Å². The number of piperidine rings is 2. The van der Waals surface area contributed by atoms with E-state index < -0.39 is 36.7 Å². The number of pyridine rings is 1. The summed E-state index contributed by atoms with van der Waals surface area (Å²) in [4.78, 5) is 64.7. The number of anilines is 2. The van der Waals surface area contributed by atoms with Gasteiger partial charge in [-0.3, -0.25) is 29.4 Å². The van der Waals surface area contributed by atoms with Crippen LogP contribution in [0.5, 0.6) is 5.75 Å². The zero-order valence-corrected chi connectivity index (χ0v) is 32.9. The minimum absolute atomic E-state index is 0.135. The molecule has 13 nitrogen and oxygen atoms in total. The Balaban J connectivity index is 0.796. The van der Waals surface area contributed by atoms with Gasteiger partial charge < -0.3 is 24.3 Å². The number of hydrogen-bond donors (Lipinski definition) is 1. The van der Waals surface area contributed by atoms with E-state index >= 15 is 4.39 Å². The van der Waals surface area contributed by atoms with Crippen molar-refractivity contribution in [2.75, 3.05) is 62.6 Å². The molecule has 58 heavy (non-hydrogen) atoms. The van der Waals surface area contributed by atoms with Gasteiger partial charge >= 0.3 is 0 Å². The van der Waals surface area contributed by atoms with Crippen LogP contribution in [-0.2, 0) is 16.1 Å². The van der Waals surface area contributed by atoms with E-state index in [0.717, 1.165) is 56.3 Å². The first-order valence-corrected chi connectivity index (χ1v) is 20.5. The summed E-state index contributed by atoms with van der Waals surface area (Å²) in [5.41, 5.74) is 1.91. The van der Waals surface area contributed by atoms with Gasteiger partial charge in [0.1, 0.15) is 29.5 Å². The molecule has 3 aromatic rings. The molecule has 0 bridgehead atoms. The van der Waals surface area contributed by atoms with Gasteiger partial charge in [-0.05, 0) is 92.8 Å². The number of benzene rings is 2. The Bertz CT molecular complexity index is 2220. The third-order valence-corrected chi connectivity index (χ3v) is 12.7. The van der Waals surface area contributed by atoms with Crippen molar-refractivity contribution in [3.63, 3.8) is 0 Å². The number of carbonyl (C=O) groups is 4. The Morgan fingerprint density at radius 3 is 2.45 bits per heavy atom. The molecule has 8 rings (SSSR count). The Morgan fingerprint density at radius 1 is 1.00 bits per heavy atom. The molecule has 0 radical (unpaired) electrons. The summed E-state index contributed by atoms with van der Waals surface area (Å²) in [7, 11) is 0. The van der Waals surface area contributed by atoms with E-state index in [1.165, 1.54) is 17.2 Å². The topological polar surface area (TPSA) is 142 Å². The number of piperazine rings is 1. The summed E-state index contributed by atoms with van der Waals surface area (Å²) in [6, 6.07) is 12.1. The second-order valence-corrected chi connectivity index (χ2v) is 16.4. The van der Waals surface area contributed by atoms with E-state index in [-0.39, 0.29) is 42.9 Å². The molecule has 304 valence electrons. The van der Waals surface area contributed by atoms with Crippen molar-refractivity contribution in [1.29, 1.82) is 5.26 Å². The first-order chi connectivity index (χ1) is 29.2. The number of carbonyl (C=O) groups excluding carboxylic acids is 4. The van der Waals surface area contributed by atoms with Gasteiger partial charge in [-0.2, -0.15) is 5.26 Å². The van der Waals surface area contributed by atoms with Crippen LogP contribution in [0.4, 0.5) is 15.9 Å². The van der Waals surface area contributed by atoms with Gasteiger partial charge in [-0.15, -0.1) is 0 Å². The summed E-state index contributed by atoms with van der Waals surface area (Å²) in [5, 5.41) is 11.7. The molecule has 15 heteroatoms. The minimum Gasteiger partial charge on any atom is -0.490 e. The van der Waals surface area contributed by atoms with Crippen LogP contribution in [0.25, 0.3) is 0 Å². The molecule has 4 aliphatic heterocycles. The molecular weight excluding hydrogens is 763 g/mol. The van der Waals surface area contributed by atoms with Crippen LogP contribution >= 0.6 is 11.6 Å². The predicted molar refractivity (Wildman–Crippen MR) is 215 cm³/mol. The molecule has 0 spiro atoms. The molecule has 1 aromatic heterocycles. The van der Waals surface area contributed by atoms with E-state index in [9.17, 15) is 19.2 Å². The van der Waals surface area contributed by atoms with Crippen LogP contribution in [0.2, 0.25) is 5.02 Å². The lowest BCUT2D eigenvalue weighted by molar-refractivity contribution is -0.136. The third-order valence-electron chi connectivity index (χ3n) is 12.3. The first-order valence-electron chi connectivity index (χ1n) is 21.6. The van der Waals surface area contributed by atoms with Crippen LogP contribution in [-0.4, -0.2) is 114 Å². The minimum atomic E-state index is -2.63. The number of fused-ring (bicyclic) bond motifs is 1. The maximum atomic E-state index is 15.4. The molecular formula is C43H48ClFN8O5. The van der Waals surface area contributed by atoms with E-state index in [1.54, 1.807) is 36.4 Å². The molecule has 5 heterocycles. The summed E-state index contributed by atoms with van der Waals surface area (Å²) in [6.45, 7) is 2.71. The van der Waals surface area contributed by atoms with Crippen molar-refractivity contribution in [1.82, 2.24) is 25.0 Å². The summed E-state index contributed by atoms with van der Waals surface area (Å²) in [5.74, 6) is -0.396. The molecule has 1 N–H and O–H groups in total. The van der Waals surface area contributed by atoms with Gasteiger partial charge in [0, 0.05) is 93.7 Å². The average molecular weight is 814 g/mol. The lowest BCUT2D eigenvalue weighted by atomic mass is 9.91. The monoisotopic (exact) mass is 813 g/mol. The number of ether oxygens (including phenoxy) is 1. The fraction of sp³-hybridized carbons (Fsp3) is 0.488. The van der Waals surface area contributed by atoms with Crippen LogP contribution in [0.15, 0.2) is 48.7 Å². The Hall–Kier alpha value is -5.26. The highest BCUT2D eigenvalue weighted by molar-refractivity contribution is 6.31. The number of rotatable bonds is 9. The van der Waals surface area contributed by atoms with Gasteiger partial charge in [-0.1, -0.05) is 11.6 Å². The Kier molecular flexibility index (Phi) is 10.5. The van der Waals surface area contributed by atoms with Crippen molar-refractivity contribution in [2.45, 2.75) is 76.1 Å². The largest absolute Gasteiger partial charge is 0.490 e. The van der Waals surface area contributed by atoms with Crippen LogP contribution in [0.3, 0.4) is 0 Å². The second-order valence-electron chi connectivity index (χ2n) is 16.0. The number of halogens is 2. The SMILES string of the molecule is [2H]C([2H])([2H])N(C(=O)c1ccc(N2CCC(CN3CCN(c4cc5c(cc4F)CN(C4CCC(=O)NC4=O)C5=O)CC3)CC2)nc1)C1CCC(Oc2ccc(C#N)c(Cl)c2)CC1. The van der Waals surface area contributed by atoms with E-state index in [0.29, 0.717) is 77.8 Å². The van der Waals surface area contributed by atoms with Gasteiger partial charge in [0.05, 0.1) is 27.9 Å². The highest BCUT2D eigenvalue weighted by atomic mass is 35.5. The molecule has 1 atom stereocenters. The van der Waals surface area contributed by atoms with Crippen molar-refractivity contribution in [2.24, 2.45) is 5.92 Å². The van der Waals surface area contributed by atoms with Crippen molar-refractivity contribution in [3.05, 3.63) is 81.8 Å². The van der Waals surface area contributed by atoms with Crippen molar-refractivity contribution < 1.29 is 32.4 Å². The normalized spacial score (nSPS) is 24.0. The maximum absolute atomic E-state index is 15.4. The lowest BCUT2D eigenvalue weighted by Crippen LogP contribution is -2.52. The fourth-order valence-electron chi connectivity index (χ4n) is 8.98. The fourth-order valence-corrected chi connectivity index (χ4v) is 9.19. The average Bonchev–Trinajstić information content (AvgIpc) is 3.55. The van der Waals surface area contributed by atoms with Gasteiger partial charge in [0.25, 0.3) is 11.8 Å². The molecule has 1 unspecified atom stereocenters. The number of amides is 4. The van der Waals surface area contributed by atoms with E-state index in [4.69, 9.17) is 25.7 Å². The van der Waals surface area contributed by atoms with Crippen molar-refractivity contribution in [3.8, 4) is 11.8 Å². The first kappa shape index (κ1) is 35.9. The summed E-state index contributed by atoms with van der Waals surface area (Å²) in [6.07, 6.45) is 5.64. The summed E-state index contributed by atoms with van der Waals surface area (Å²) >= 11 is 6.16. The standard InChI is InChI=1S/C43H48ClFN8O5/c1-49(31-4-7-32(8-5-31)58-33-6-2-28(23-46)35(44)21-33)42(56)29-3-10-39(47-24-29)52-14-12-27(13-15-52)25-50-16-18-51(19-17-50)38-22-34-30(20-36(38)45)26-53(43(34)57)37-9-11-40(54)48-41(37)55/h2-3,6,10,20-22,24,27,31-32,37H,4-5,7-9,11-19,25-26H2,1H3,(H,48,54,55)/i1D3. The smallest absolute Gasteiger partial charge is 0.255 e. The van der Waals surface area contributed by atoms with Gasteiger partial charge in [0.15, 0.2) is 0 Å². The maximum Gasteiger partial charge on any atom is 0.255 e.